The molecule has 0 unspecified atom stereocenters. The number of carbonyl (C=O) groups is 2. The molecule has 0 spiro atoms. The molecule has 1 aliphatic rings. The van der Waals surface area contributed by atoms with Crippen molar-refractivity contribution in [3.05, 3.63) is 51.8 Å². The van der Waals surface area contributed by atoms with E-state index in [-0.39, 0.29) is 28.1 Å². The zero-order valence-electron chi connectivity index (χ0n) is 12.3. The zero-order valence-corrected chi connectivity index (χ0v) is 13.9. The number of nitrogens with zero attached hydrogens (tertiary/aromatic N) is 2. The lowest BCUT2D eigenvalue weighted by molar-refractivity contribution is 0.0924. The number of rotatable bonds is 3. The Morgan fingerprint density at radius 1 is 1.13 bits per heavy atom. The molecule has 5 nitrogen and oxygen atoms in total. The van der Waals surface area contributed by atoms with E-state index >= 15 is 0 Å². The van der Waals surface area contributed by atoms with Crippen LogP contribution in [0.1, 0.15) is 34.7 Å². The van der Waals surface area contributed by atoms with Crippen molar-refractivity contribution in [2.75, 3.05) is 4.90 Å². The van der Waals surface area contributed by atoms with E-state index in [9.17, 15) is 9.59 Å². The summed E-state index contributed by atoms with van der Waals surface area (Å²) in [6.45, 7) is 3.69. The van der Waals surface area contributed by atoms with Gasteiger partial charge in [0.2, 0.25) is 0 Å². The summed E-state index contributed by atoms with van der Waals surface area (Å²) in [5.74, 6) is -0.645. The van der Waals surface area contributed by atoms with Crippen molar-refractivity contribution >= 4 is 40.7 Å². The van der Waals surface area contributed by atoms with E-state index in [4.69, 9.17) is 27.9 Å². The number of anilines is 1. The SMILES string of the molecule is CC(C)Oc1cc(N2C(=O)c3cccnc3C2=O)c(Cl)cc1Cl. The van der Waals surface area contributed by atoms with Crippen molar-refractivity contribution in [2.24, 2.45) is 0 Å². The van der Waals surface area contributed by atoms with Gasteiger partial charge in [0.1, 0.15) is 11.4 Å². The lowest BCUT2D eigenvalue weighted by atomic mass is 10.2. The molecule has 0 radical (unpaired) electrons. The first-order chi connectivity index (χ1) is 10.9. The number of halogens is 2. The highest BCUT2D eigenvalue weighted by Crippen LogP contribution is 2.39. The molecule has 0 bridgehead atoms. The van der Waals surface area contributed by atoms with Crippen molar-refractivity contribution in [2.45, 2.75) is 20.0 Å². The van der Waals surface area contributed by atoms with Gasteiger partial charge in [-0.15, -0.1) is 0 Å². The molecule has 1 aromatic carbocycles. The number of imide groups is 1. The number of fused-ring (bicyclic) bond motifs is 1. The highest BCUT2D eigenvalue weighted by Gasteiger charge is 2.39. The van der Waals surface area contributed by atoms with Gasteiger partial charge in [0.15, 0.2) is 0 Å². The van der Waals surface area contributed by atoms with Crippen molar-refractivity contribution in [3.8, 4) is 5.75 Å². The molecule has 2 aromatic rings. The second kappa shape index (κ2) is 5.83. The van der Waals surface area contributed by atoms with Gasteiger partial charge in [-0.25, -0.2) is 4.90 Å². The molecule has 118 valence electrons. The Balaban J connectivity index is 2.09. The third kappa shape index (κ3) is 2.66. The minimum atomic E-state index is -0.523. The molecule has 23 heavy (non-hydrogen) atoms. The van der Waals surface area contributed by atoms with Crippen LogP contribution in [0.5, 0.6) is 5.75 Å². The normalized spacial score (nSPS) is 13.7. The standard InChI is InChI=1S/C16H12Cl2N2O3/c1-8(2)23-13-7-12(10(17)6-11(13)18)20-15(21)9-4-3-5-19-14(9)16(20)22/h3-8H,1-2H3. The molecular weight excluding hydrogens is 339 g/mol. The molecule has 3 rings (SSSR count). The summed E-state index contributed by atoms with van der Waals surface area (Å²) in [6, 6.07) is 6.10. The number of hydrogen-bond acceptors (Lipinski definition) is 4. The monoisotopic (exact) mass is 350 g/mol. The van der Waals surface area contributed by atoms with Gasteiger partial charge >= 0.3 is 0 Å². The molecule has 2 heterocycles. The van der Waals surface area contributed by atoms with Gasteiger partial charge in [-0.3, -0.25) is 14.6 Å². The number of ether oxygens (including phenoxy) is 1. The van der Waals surface area contributed by atoms with Crippen LogP contribution < -0.4 is 9.64 Å². The van der Waals surface area contributed by atoms with E-state index in [1.54, 1.807) is 12.1 Å². The highest BCUT2D eigenvalue weighted by atomic mass is 35.5. The average Bonchev–Trinajstić information content (AvgIpc) is 2.74. The highest BCUT2D eigenvalue weighted by molar-refractivity contribution is 6.41. The predicted molar refractivity (Wildman–Crippen MR) is 87.6 cm³/mol. The number of amides is 2. The number of carbonyl (C=O) groups excluding carboxylic acids is 2. The molecule has 1 aliphatic heterocycles. The van der Waals surface area contributed by atoms with Crippen LogP contribution in [0, 0.1) is 0 Å². The van der Waals surface area contributed by atoms with Gasteiger partial charge in [0.25, 0.3) is 11.8 Å². The lowest BCUT2D eigenvalue weighted by Crippen LogP contribution is -2.29. The largest absolute Gasteiger partial charge is 0.489 e. The molecule has 7 heteroatoms. The van der Waals surface area contributed by atoms with E-state index in [0.717, 1.165) is 4.90 Å². The molecule has 0 saturated carbocycles. The predicted octanol–water partition coefficient (Wildman–Crippen LogP) is 3.98. The molecular formula is C16H12Cl2N2O3. The van der Waals surface area contributed by atoms with Crippen LogP contribution >= 0.6 is 23.2 Å². The number of hydrogen-bond donors (Lipinski definition) is 0. The van der Waals surface area contributed by atoms with Crippen LogP contribution in [-0.4, -0.2) is 22.9 Å². The lowest BCUT2D eigenvalue weighted by Gasteiger charge is -2.18. The Labute approximate surface area is 142 Å². The minimum absolute atomic E-state index is 0.106. The maximum absolute atomic E-state index is 12.5. The van der Waals surface area contributed by atoms with Gasteiger partial charge in [-0.1, -0.05) is 23.2 Å². The summed E-state index contributed by atoms with van der Waals surface area (Å²) in [4.78, 5) is 30.0. The Morgan fingerprint density at radius 2 is 1.87 bits per heavy atom. The maximum atomic E-state index is 12.5. The second-order valence-corrected chi connectivity index (χ2v) is 6.06. The molecule has 2 amide bonds. The van der Waals surface area contributed by atoms with Crippen molar-refractivity contribution in [3.63, 3.8) is 0 Å². The van der Waals surface area contributed by atoms with Crippen LogP contribution in [0.3, 0.4) is 0 Å². The first kappa shape index (κ1) is 15.8. The summed E-state index contributed by atoms with van der Waals surface area (Å²) < 4.78 is 5.59. The number of pyridine rings is 1. The summed E-state index contributed by atoms with van der Waals surface area (Å²) in [6.07, 6.45) is 1.34. The third-order valence-corrected chi connectivity index (χ3v) is 3.85. The van der Waals surface area contributed by atoms with Gasteiger partial charge in [0.05, 0.1) is 27.4 Å². The van der Waals surface area contributed by atoms with E-state index in [0.29, 0.717) is 10.8 Å². The van der Waals surface area contributed by atoms with E-state index in [1.165, 1.54) is 18.3 Å². The Hall–Kier alpha value is -2.11. The first-order valence-corrected chi connectivity index (χ1v) is 7.65. The van der Waals surface area contributed by atoms with Gasteiger partial charge in [-0.05, 0) is 32.0 Å². The summed E-state index contributed by atoms with van der Waals surface area (Å²) in [5.41, 5.74) is 0.574. The Morgan fingerprint density at radius 3 is 2.52 bits per heavy atom. The summed E-state index contributed by atoms with van der Waals surface area (Å²) >= 11 is 12.3. The molecule has 1 aromatic heterocycles. The summed E-state index contributed by atoms with van der Waals surface area (Å²) in [7, 11) is 0. The zero-order chi connectivity index (χ0) is 16.7. The van der Waals surface area contributed by atoms with Gasteiger partial charge < -0.3 is 4.74 Å². The Bertz CT molecular complexity index is 786. The minimum Gasteiger partial charge on any atom is -0.489 e. The van der Waals surface area contributed by atoms with Crippen LogP contribution in [0.2, 0.25) is 10.0 Å². The molecule has 0 atom stereocenters. The van der Waals surface area contributed by atoms with Crippen molar-refractivity contribution < 1.29 is 14.3 Å². The van der Waals surface area contributed by atoms with E-state index in [1.807, 2.05) is 13.8 Å². The quantitative estimate of drug-likeness (QED) is 0.785. The molecule has 0 N–H and O–H groups in total. The average molecular weight is 351 g/mol. The molecule has 0 fully saturated rings. The number of benzene rings is 1. The van der Waals surface area contributed by atoms with Crippen LogP contribution in [0.4, 0.5) is 5.69 Å². The van der Waals surface area contributed by atoms with Crippen molar-refractivity contribution in [1.82, 2.24) is 4.98 Å². The van der Waals surface area contributed by atoms with Gasteiger partial charge in [0, 0.05) is 12.3 Å². The fourth-order valence-electron chi connectivity index (χ4n) is 2.32. The van der Waals surface area contributed by atoms with Crippen LogP contribution in [0.15, 0.2) is 30.5 Å². The van der Waals surface area contributed by atoms with Gasteiger partial charge in [-0.2, -0.15) is 0 Å². The summed E-state index contributed by atoms with van der Waals surface area (Å²) in [5, 5.41) is 0.489. The third-order valence-electron chi connectivity index (χ3n) is 3.25. The topological polar surface area (TPSA) is 59.5 Å². The van der Waals surface area contributed by atoms with Crippen molar-refractivity contribution in [1.29, 1.82) is 0 Å². The Kier molecular flexibility index (Phi) is 4.00. The van der Waals surface area contributed by atoms with Crippen LogP contribution in [-0.2, 0) is 0 Å². The van der Waals surface area contributed by atoms with E-state index in [2.05, 4.69) is 4.98 Å². The first-order valence-electron chi connectivity index (χ1n) is 6.89. The fraction of sp³-hybridized carbons (Fsp3) is 0.188. The second-order valence-electron chi connectivity index (χ2n) is 5.25. The van der Waals surface area contributed by atoms with Crippen LogP contribution in [0.25, 0.3) is 0 Å². The van der Waals surface area contributed by atoms with E-state index < -0.39 is 11.8 Å². The fourth-order valence-corrected chi connectivity index (χ4v) is 2.83. The maximum Gasteiger partial charge on any atom is 0.284 e. The molecule has 0 saturated heterocycles. The number of aromatic nitrogens is 1. The smallest absolute Gasteiger partial charge is 0.284 e. The molecule has 0 aliphatic carbocycles.